The summed E-state index contributed by atoms with van der Waals surface area (Å²) in [7, 11) is 0. The van der Waals surface area contributed by atoms with E-state index in [0.717, 1.165) is 24.6 Å². The van der Waals surface area contributed by atoms with Crippen molar-refractivity contribution in [1.29, 1.82) is 0 Å². The van der Waals surface area contributed by atoms with E-state index in [1.165, 1.54) is 12.1 Å². The lowest BCUT2D eigenvalue weighted by Crippen LogP contribution is -2.17. The minimum absolute atomic E-state index is 0.124. The van der Waals surface area contributed by atoms with Crippen LogP contribution in [0.5, 0.6) is 0 Å². The molecular weight excluding hydrogens is 428 g/mol. The molecule has 0 fully saturated rings. The average molecular weight is 446 g/mol. The van der Waals surface area contributed by atoms with Gasteiger partial charge >= 0.3 is 5.97 Å². The number of aromatic nitrogens is 1. The summed E-state index contributed by atoms with van der Waals surface area (Å²) in [6.45, 7) is 2.41. The van der Waals surface area contributed by atoms with Crippen molar-refractivity contribution < 1.29 is 19.1 Å². The first-order valence-corrected chi connectivity index (χ1v) is 10.3. The summed E-state index contributed by atoms with van der Waals surface area (Å²) in [5.41, 5.74) is 2.96. The molecule has 30 heavy (non-hydrogen) atoms. The standard InChI is InChI=1S/C23H18Cl2FNO3/c1-12-19(14-9-8-13(23(29)30)11-17(14)26)18-7-2-3-10-27(18)21(12)22(28)20-15(24)5-4-6-16(20)25/h4-6,8-9,11H,2-3,7,10H2,1H3,(H,29,30). The summed E-state index contributed by atoms with van der Waals surface area (Å²) in [6.07, 6.45) is 2.52. The van der Waals surface area contributed by atoms with Gasteiger partial charge in [0.25, 0.3) is 0 Å². The van der Waals surface area contributed by atoms with Gasteiger partial charge in [0.15, 0.2) is 0 Å². The fourth-order valence-corrected chi connectivity index (χ4v) is 4.78. The van der Waals surface area contributed by atoms with Crippen LogP contribution in [0.4, 0.5) is 4.39 Å². The first-order chi connectivity index (χ1) is 14.3. The normalized spacial score (nSPS) is 13.2. The van der Waals surface area contributed by atoms with Gasteiger partial charge in [-0.15, -0.1) is 0 Å². The molecule has 1 aliphatic rings. The number of carbonyl (C=O) groups excluding carboxylic acids is 1. The summed E-state index contributed by atoms with van der Waals surface area (Å²) >= 11 is 12.6. The maximum absolute atomic E-state index is 14.9. The summed E-state index contributed by atoms with van der Waals surface area (Å²) in [5, 5.41) is 9.65. The van der Waals surface area contributed by atoms with Crippen molar-refractivity contribution in [3.63, 3.8) is 0 Å². The highest BCUT2D eigenvalue weighted by Crippen LogP contribution is 2.39. The monoisotopic (exact) mass is 445 g/mol. The van der Waals surface area contributed by atoms with E-state index in [0.29, 0.717) is 29.8 Å². The van der Waals surface area contributed by atoms with Crippen molar-refractivity contribution in [3.05, 3.63) is 80.3 Å². The van der Waals surface area contributed by atoms with E-state index in [-0.39, 0.29) is 32.5 Å². The number of nitrogens with zero attached hydrogens (tertiary/aromatic N) is 1. The zero-order valence-corrected chi connectivity index (χ0v) is 17.6. The van der Waals surface area contributed by atoms with E-state index >= 15 is 0 Å². The third-order valence-electron chi connectivity index (χ3n) is 5.55. The van der Waals surface area contributed by atoms with E-state index in [9.17, 15) is 14.0 Å². The highest BCUT2D eigenvalue weighted by molar-refractivity contribution is 6.41. The van der Waals surface area contributed by atoms with Crippen LogP contribution in [-0.4, -0.2) is 21.4 Å². The lowest BCUT2D eigenvalue weighted by Gasteiger charge is -2.19. The Morgan fingerprint density at radius 3 is 2.43 bits per heavy atom. The number of hydrogen-bond acceptors (Lipinski definition) is 2. The van der Waals surface area contributed by atoms with Gasteiger partial charge in [0.1, 0.15) is 5.82 Å². The Kier molecular flexibility index (Phi) is 5.43. The van der Waals surface area contributed by atoms with Crippen LogP contribution in [0.25, 0.3) is 11.1 Å². The molecule has 0 saturated heterocycles. The van der Waals surface area contributed by atoms with Gasteiger partial charge < -0.3 is 9.67 Å². The van der Waals surface area contributed by atoms with Gasteiger partial charge in [-0.05, 0) is 56.0 Å². The van der Waals surface area contributed by atoms with Crippen molar-refractivity contribution >= 4 is 35.0 Å². The number of rotatable bonds is 4. The molecule has 4 nitrogen and oxygen atoms in total. The smallest absolute Gasteiger partial charge is 0.335 e. The molecule has 1 aromatic heterocycles. The molecule has 2 heterocycles. The Balaban J connectivity index is 1.95. The van der Waals surface area contributed by atoms with Gasteiger partial charge in [0.2, 0.25) is 5.78 Å². The Labute approximate surface area is 182 Å². The molecule has 0 amide bonds. The second-order valence-corrected chi connectivity index (χ2v) is 8.14. The molecule has 0 bridgehead atoms. The predicted octanol–water partition coefficient (Wildman–Crippen LogP) is 6.17. The minimum atomic E-state index is -1.19. The molecule has 0 radical (unpaired) electrons. The van der Waals surface area contributed by atoms with Crippen molar-refractivity contribution in [1.82, 2.24) is 4.57 Å². The van der Waals surface area contributed by atoms with Crippen LogP contribution in [0.3, 0.4) is 0 Å². The number of halogens is 3. The number of aromatic carboxylic acids is 1. The molecule has 2 aromatic carbocycles. The zero-order valence-electron chi connectivity index (χ0n) is 16.1. The summed E-state index contributed by atoms with van der Waals surface area (Å²) in [5.74, 6) is -2.13. The lowest BCUT2D eigenvalue weighted by molar-refractivity contribution is 0.0696. The van der Waals surface area contributed by atoms with E-state index in [1.54, 1.807) is 25.1 Å². The fraction of sp³-hybridized carbons (Fsp3) is 0.217. The number of carboxylic acids is 1. The molecule has 154 valence electrons. The number of hydrogen-bond donors (Lipinski definition) is 1. The second-order valence-electron chi connectivity index (χ2n) is 7.33. The fourth-order valence-electron chi connectivity index (χ4n) is 4.21. The molecule has 4 rings (SSSR count). The van der Waals surface area contributed by atoms with E-state index in [2.05, 4.69) is 0 Å². The number of carbonyl (C=O) groups is 2. The third kappa shape index (κ3) is 3.32. The van der Waals surface area contributed by atoms with Crippen molar-refractivity contribution in [2.75, 3.05) is 0 Å². The lowest BCUT2D eigenvalue weighted by atomic mass is 9.95. The maximum Gasteiger partial charge on any atom is 0.335 e. The molecule has 0 atom stereocenters. The van der Waals surface area contributed by atoms with Crippen LogP contribution in [-0.2, 0) is 13.0 Å². The number of carboxylic acid groups (broad SMARTS) is 1. The molecule has 3 aromatic rings. The Hall–Kier alpha value is -2.63. The van der Waals surface area contributed by atoms with Gasteiger partial charge in [-0.2, -0.15) is 0 Å². The van der Waals surface area contributed by atoms with Crippen LogP contribution in [0.1, 0.15) is 50.5 Å². The molecule has 1 aliphatic heterocycles. The Morgan fingerprint density at radius 1 is 1.10 bits per heavy atom. The van der Waals surface area contributed by atoms with Crippen molar-refractivity contribution in [2.45, 2.75) is 32.7 Å². The van der Waals surface area contributed by atoms with Crippen molar-refractivity contribution in [2.24, 2.45) is 0 Å². The average Bonchev–Trinajstić information content (AvgIpc) is 2.99. The zero-order chi connectivity index (χ0) is 21.6. The second kappa shape index (κ2) is 7.89. The van der Waals surface area contributed by atoms with Gasteiger partial charge in [-0.25, -0.2) is 9.18 Å². The van der Waals surface area contributed by atoms with Crippen LogP contribution in [0, 0.1) is 12.7 Å². The maximum atomic E-state index is 14.9. The number of fused-ring (bicyclic) bond motifs is 1. The molecular formula is C23H18Cl2FNO3. The molecule has 7 heteroatoms. The Morgan fingerprint density at radius 2 is 1.80 bits per heavy atom. The summed E-state index contributed by atoms with van der Waals surface area (Å²) < 4.78 is 16.8. The largest absolute Gasteiger partial charge is 0.478 e. The number of benzene rings is 2. The van der Waals surface area contributed by atoms with Crippen LogP contribution < -0.4 is 0 Å². The molecule has 0 unspecified atom stereocenters. The molecule has 0 saturated carbocycles. The van der Waals surface area contributed by atoms with E-state index in [4.69, 9.17) is 28.3 Å². The topological polar surface area (TPSA) is 59.3 Å². The third-order valence-corrected chi connectivity index (χ3v) is 6.18. The molecule has 1 N–H and O–H groups in total. The van der Waals surface area contributed by atoms with E-state index < -0.39 is 11.8 Å². The van der Waals surface area contributed by atoms with Crippen LogP contribution in [0.2, 0.25) is 10.0 Å². The predicted molar refractivity (Wildman–Crippen MR) is 114 cm³/mol. The molecule has 0 spiro atoms. The van der Waals surface area contributed by atoms with Gasteiger partial charge in [-0.3, -0.25) is 4.79 Å². The van der Waals surface area contributed by atoms with Gasteiger partial charge in [-0.1, -0.05) is 35.3 Å². The molecule has 0 aliphatic carbocycles. The van der Waals surface area contributed by atoms with E-state index in [1.807, 2.05) is 4.57 Å². The quantitative estimate of drug-likeness (QED) is 0.488. The van der Waals surface area contributed by atoms with Gasteiger partial charge in [0, 0.05) is 23.4 Å². The van der Waals surface area contributed by atoms with Crippen molar-refractivity contribution in [3.8, 4) is 11.1 Å². The first kappa shape index (κ1) is 20.6. The minimum Gasteiger partial charge on any atom is -0.478 e. The highest BCUT2D eigenvalue weighted by Gasteiger charge is 2.30. The van der Waals surface area contributed by atoms with Crippen LogP contribution >= 0.6 is 23.2 Å². The first-order valence-electron chi connectivity index (χ1n) is 9.55. The van der Waals surface area contributed by atoms with Gasteiger partial charge in [0.05, 0.1) is 26.9 Å². The Bertz CT molecular complexity index is 1180. The SMILES string of the molecule is Cc1c(-c2ccc(C(=O)O)cc2F)c2n(c1C(=O)c1c(Cl)cccc1Cl)CCCC2. The highest BCUT2D eigenvalue weighted by atomic mass is 35.5. The van der Waals surface area contributed by atoms with Crippen LogP contribution in [0.15, 0.2) is 36.4 Å². The summed E-state index contributed by atoms with van der Waals surface area (Å²) in [6, 6.07) is 8.75. The number of ketones is 1. The summed E-state index contributed by atoms with van der Waals surface area (Å²) in [4.78, 5) is 24.7.